The molecular formula is C22H22N2OS2. The van der Waals surface area contributed by atoms with E-state index in [1.54, 1.807) is 23.1 Å². The molecule has 0 atom stereocenters. The summed E-state index contributed by atoms with van der Waals surface area (Å²) in [6, 6.07) is 20.6. The van der Waals surface area contributed by atoms with E-state index < -0.39 is 0 Å². The molecule has 3 nitrogen and oxygen atoms in total. The minimum atomic E-state index is 0.149. The Kier molecular flexibility index (Phi) is 5.80. The first-order chi connectivity index (χ1) is 13.3. The lowest BCUT2D eigenvalue weighted by Gasteiger charge is -2.36. The number of hydrogen-bond acceptors (Lipinski definition) is 4. The second-order valence-corrected chi connectivity index (χ2v) is 8.33. The van der Waals surface area contributed by atoms with Crippen molar-refractivity contribution in [2.24, 2.45) is 0 Å². The number of carbonyl (C=O) groups is 1. The number of benzene rings is 2. The standard InChI is InChI=1S/C22H22N2OS2/c25-22(24-13-11-23(12-14-24)19-6-2-1-3-7-19)20-8-4-5-9-21(20)27-17-18-10-15-26-16-18/h1-10,15-16H,11-14,17H2. The quantitative estimate of drug-likeness (QED) is 0.569. The fourth-order valence-electron chi connectivity index (χ4n) is 3.28. The van der Waals surface area contributed by atoms with Gasteiger partial charge in [0.05, 0.1) is 5.56 Å². The number of para-hydroxylation sites is 1. The molecule has 0 unspecified atom stereocenters. The molecule has 1 amide bonds. The van der Waals surface area contributed by atoms with E-state index in [1.165, 1.54) is 11.3 Å². The molecule has 0 aliphatic carbocycles. The number of thioether (sulfide) groups is 1. The smallest absolute Gasteiger partial charge is 0.255 e. The number of piperazine rings is 1. The van der Waals surface area contributed by atoms with Gasteiger partial charge in [0.15, 0.2) is 0 Å². The molecule has 2 heterocycles. The number of hydrogen-bond donors (Lipinski definition) is 0. The van der Waals surface area contributed by atoms with E-state index in [0.29, 0.717) is 0 Å². The highest BCUT2D eigenvalue weighted by atomic mass is 32.2. The zero-order chi connectivity index (χ0) is 18.5. The van der Waals surface area contributed by atoms with Crippen molar-refractivity contribution in [1.82, 2.24) is 4.90 Å². The number of rotatable bonds is 5. The molecule has 1 aliphatic rings. The van der Waals surface area contributed by atoms with Gasteiger partial charge in [-0.2, -0.15) is 11.3 Å². The molecule has 138 valence electrons. The van der Waals surface area contributed by atoms with Gasteiger partial charge in [-0.05, 0) is 46.7 Å². The van der Waals surface area contributed by atoms with Crippen molar-refractivity contribution >= 4 is 34.7 Å². The Morgan fingerprint density at radius 3 is 2.41 bits per heavy atom. The minimum absolute atomic E-state index is 0.149. The van der Waals surface area contributed by atoms with E-state index in [4.69, 9.17) is 0 Å². The average Bonchev–Trinajstić information content (AvgIpc) is 3.26. The van der Waals surface area contributed by atoms with Crippen molar-refractivity contribution in [2.75, 3.05) is 31.1 Å². The van der Waals surface area contributed by atoms with E-state index >= 15 is 0 Å². The lowest BCUT2D eigenvalue weighted by atomic mass is 10.1. The lowest BCUT2D eigenvalue weighted by Crippen LogP contribution is -2.48. The Bertz CT molecular complexity index is 872. The largest absolute Gasteiger partial charge is 0.368 e. The second kappa shape index (κ2) is 8.63. The Morgan fingerprint density at radius 2 is 1.67 bits per heavy atom. The fourth-order valence-corrected chi connectivity index (χ4v) is 5.04. The third kappa shape index (κ3) is 4.37. The summed E-state index contributed by atoms with van der Waals surface area (Å²) in [7, 11) is 0. The molecule has 0 saturated carbocycles. The molecule has 1 fully saturated rings. The number of nitrogens with zero attached hydrogens (tertiary/aromatic N) is 2. The van der Waals surface area contributed by atoms with Crippen LogP contribution in [0.2, 0.25) is 0 Å². The van der Waals surface area contributed by atoms with Crippen LogP contribution in [0.4, 0.5) is 5.69 Å². The van der Waals surface area contributed by atoms with Crippen molar-refractivity contribution in [2.45, 2.75) is 10.6 Å². The van der Waals surface area contributed by atoms with Crippen molar-refractivity contribution in [3.05, 3.63) is 82.6 Å². The number of carbonyl (C=O) groups excluding carboxylic acids is 1. The molecule has 2 aromatic carbocycles. The number of thiophene rings is 1. The van der Waals surface area contributed by atoms with Crippen LogP contribution in [0.1, 0.15) is 15.9 Å². The molecule has 5 heteroatoms. The van der Waals surface area contributed by atoms with Crippen LogP contribution in [-0.4, -0.2) is 37.0 Å². The zero-order valence-corrected chi connectivity index (χ0v) is 16.7. The Morgan fingerprint density at radius 1 is 0.926 bits per heavy atom. The summed E-state index contributed by atoms with van der Waals surface area (Å²) in [6.45, 7) is 3.27. The summed E-state index contributed by atoms with van der Waals surface area (Å²) < 4.78 is 0. The summed E-state index contributed by atoms with van der Waals surface area (Å²) in [5, 5.41) is 4.26. The van der Waals surface area contributed by atoms with Gasteiger partial charge in [0, 0.05) is 42.5 Å². The second-order valence-electron chi connectivity index (χ2n) is 6.53. The number of amides is 1. The highest BCUT2D eigenvalue weighted by Crippen LogP contribution is 2.28. The topological polar surface area (TPSA) is 23.6 Å². The molecule has 27 heavy (non-hydrogen) atoms. The summed E-state index contributed by atoms with van der Waals surface area (Å²) in [5.74, 6) is 1.05. The van der Waals surface area contributed by atoms with Crippen molar-refractivity contribution in [3.8, 4) is 0 Å². The fraction of sp³-hybridized carbons (Fsp3) is 0.227. The van der Waals surface area contributed by atoms with E-state index in [0.717, 1.165) is 42.4 Å². The summed E-state index contributed by atoms with van der Waals surface area (Å²) >= 11 is 3.46. The normalized spacial score (nSPS) is 14.4. The van der Waals surface area contributed by atoms with Gasteiger partial charge < -0.3 is 9.80 Å². The summed E-state index contributed by atoms with van der Waals surface area (Å²) in [6.07, 6.45) is 0. The van der Waals surface area contributed by atoms with E-state index in [-0.39, 0.29) is 5.91 Å². The molecule has 1 aromatic heterocycles. The molecule has 0 N–H and O–H groups in total. The molecule has 0 radical (unpaired) electrons. The molecular weight excluding hydrogens is 372 g/mol. The van der Waals surface area contributed by atoms with Crippen LogP contribution >= 0.6 is 23.1 Å². The average molecular weight is 395 g/mol. The van der Waals surface area contributed by atoms with Gasteiger partial charge >= 0.3 is 0 Å². The highest BCUT2D eigenvalue weighted by molar-refractivity contribution is 7.98. The first kappa shape index (κ1) is 18.1. The highest BCUT2D eigenvalue weighted by Gasteiger charge is 2.23. The van der Waals surface area contributed by atoms with Crippen LogP contribution in [0.15, 0.2) is 76.3 Å². The van der Waals surface area contributed by atoms with Crippen LogP contribution < -0.4 is 4.90 Å². The van der Waals surface area contributed by atoms with Crippen LogP contribution in [0, 0.1) is 0 Å². The number of anilines is 1. The van der Waals surface area contributed by atoms with Gasteiger partial charge in [0.25, 0.3) is 5.91 Å². The predicted octanol–water partition coefficient (Wildman–Crippen LogP) is 5.00. The molecule has 1 aliphatic heterocycles. The van der Waals surface area contributed by atoms with Gasteiger partial charge in [-0.25, -0.2) is 0 Å². The Hall–Kier alpha value is -2.24. The third-order valence-electron chi connectivity index (χ3n) is 4.78. The summed E-state index contributed by atoms with van der Waals surface area (Å²) in [4.78, 5) is 18.5. The van der Waals surface area contributed by atoms with E-state index in [2.05, 4.69) is 52.1 Å². The maximum absolute atomic E-state index is 13.1. The first-order valence-electron chi connectivity index (χ1n) is 9.13. The van der Waals surface area contributed by atoms with Gasteiger partial charge in [-0.3, -0.25) is 4.79 Å². The zero-order valence-electron chi connectivity index (χ0n) is 15.1. The lowest BCUT2D eigenvalue weighted by molar-refractivity contribution is 0.0743. The van der Waals surface area contributed by atoms with Crippen molar-refractivity contribution in [1.29, 1.82) is 0 Å². The van der Waals surface area contributed by atoms with Crippen molar-refractivity contribution < 1.29 is 4.79 Å². The van der Waals surface area contributed by atoms with Crippen LogP contribution in [0.25, 0.3) is 0 Å². The molecule has 3 aromatic rings. The van der Waals surface area contributed by atoms with Crippen LogP contribution in [-0.2, 0) is 5.75 Å². The maximum Gasteiger partial charge on any atom is 0.255 e. The van der Waals surface area contributed by atoms with Crippen LogP contribution in [0.3, 0.4) is 0 Å². The van der Waals surface area contributed by atoms with Gasteiger partial charge in [0.1, 0.15) is 0 Å². The van der Waals surface area contributed by atoms with Crippen molar-refractivity contribution in [3.63, 3.8) is 0 Å². The van der Waals surface area contributed by atoms with E-state index in [1.807, 2.05) is 29.2 Å². The van der Waals surface area contributed by atoms with Crippen LogP contribution in [0.5, 0.6) is 0 Å². The molecule has 1 saturated heterocycles. The Balaban J connectivity index is 1.41. The monoisotopic (exact) mass is 394 g/mol. The summed E-state index contributed by atoms with van der Waals surface area (Å²) in [5.41, 5.74) is 3.37. The predicted molar refractivity (Wildman–Crippen MR) is 115 cm³/mol. The Labute approximate surface area is 168 Å². The minimum Gasteiger partial charge on any atom is -0.368 e. The SMILES string of the molecule is O=C(c1ccccc1SCc1ccsc1)N1CCN(c2ccccc2)CC1. The van der Waals surface area contributed by atoms with Gasteiger partial charge in [-0.15, -0.1) is 11.8 Å². The molecule has 0 spiro atoms. The first-order valence-corrected chi connectivity index (χ1v) is 11.1. The third-order valence-corrected chi connectivity index (χ3v) is 6.66. The van der Waals surface area contributed by atoms with E-state index in [9.17, 15) is 4.79 Å². The molecule has 4 rings (SSSR count). The molecule has 0 bridgehead atoms. The van der Waals surface area contributed by atoms with Gasteiger partial charge in [-0.1, -0.05) is 30.3 Å². The van der Waals surface area contributed by atoms with Gasteiger partial charge in [0.2, 0.25) is 0 Å². The maximum atomic E-state index is 13.1.